The molecule has 2 aromatic rings. The summed E-state index contributed by atoms with van der Waals surface area (Å²) in [6.07, 6.45) is 7.24. The standard InChI is InChI=1S/C18H27N3/c1-3-5-9-16(4-2)14-19-15-17-12-13-21(20-17)18-10-7-6-8-11-18/h6-8,10-13,16,19H,3-5,9,14-15H2,1-2H3. The Morgan fingerprint density at radius 3 is 2.67 bits per heavy atom. The molecule has 114 valence electrons. The number of hydrogen-bond donors (Lipinski definition) is 1. The third-order valence-electron chi connectivity index (χ3n) is 3.95. The molecule has 0 radical (unpaired) electrons. The van der Waals surface area contributed by atoms with Crippen molar-refractivity contribution in [3.8, 4) is 5.69 Å². The van der Waals surface area contributed by atoms with Crippen molar-refractivity contribution in [1.82, 2.24) is 15.1 Å². The Morgan fingerprint density at radius 2 is 1.95 bits per heavy atom. The van der Waals surface area contributed by atoms with Crippen molar-refractivity contribution in [3.63, 3.8) is 0 Å². The monoisotopic (exact) mass is 285 g/mol. The third-order valence-corrected chi connectivity index (χ3v) is 3.95. The number of nitrogens with zero attached hydrogens (tertiary/aromatic N) is 2. The number of nitrogens with one attached hydrogen (secondary N) is 1. The lowest BCUT2D eigenvalue weighted by molar-refractivity contribution is 0.418. The Balaban J connectivity index is 1.80. The van der Waals surface area contributed by atoms with Crippen LogP contribution in [0.25, 0.3) is 5.69 Å². The normalized spacial score (nSPS) is 12.5. The SMILES string of the molecule is CCCCC(CC)CNCc1ccn(-c2ccccc2)n1. The molecule has 0 amide bonds. The highest BCUT2D eigenvalue weighted by molar-refractivity contribution is 5.30. The molecule has 21 heavy (non-hydrogen) atoms. The predicted molar refractivity (Wildman–Crippen MR) is 88.6 cm³/mol. The fraction of sp³-hybridized carbons (Fsp3) is 0.500. The van der Waals surface area contributed by atoms with Crippen molar-refractivity contribution in [2.45, 2.75) is 46.1 Å². The van der Waals surface area contributed by atoms with Gasteiger partial charge in [0.15, 0.2) is 0 Å². The number of rotatable bonds is 9. The van der Waals surface area contributed by atoms with E-state index in [1.165, 1.54) is 25.7 Å². The van der Waals surface area contributed by atoms with Gasteiger partial charge >= 0.3 is 0 Å². The highest BCUT2D eigenvalue weighted by atomic mass is 15.3. The van der Waals surface area contributed by atoms with Crippen LogP contribution in [0.3, 0.4) is 0 Å². The molecule has 0 saturated heterocycles. The van der Waals surface area contributed by atoms with Crippen molar-refractivity contribution >= 4 is 0 Å². The Morgan fingerprint density at radius 1 is 1.14 bits per heavy atom. The summed E-state index contributed by atoms with van der Waals surface area (Å²) in [5.41, 5.74) is 2.21. The van der Waals surface area contributed by atoms with Crippen LogP contribution in [-0.4, -0.2) is 16.3 Å². The molecule has 1 unspecified atom stereocenters. The minimum absolute atomic E-state index is 0.793. The van der Waals surface area contributed by atoms with Gasteiger partial charge in [0.2, 0.25) is 0 Å². The molecule has 0 spiro atoms. The molecule has 0 aliphatic carbocycles. The van der Waals surface area contributed by atoms with E-state index in [1.807, 2.05) is 29.1 Å². The van der Waals surface area contributed by atoms with Crippen LogP contribution in [0.5, 0.6) is 0 Å². The van der Waals surface area contributed by atoms with Crippen molar-refractivity contribution in [3.05, 3.63) is 48.3 Å². The number of aromatic nitrogens is 2. The second-order valence-corrected chi connectivity index (χ2v) is 5.63. The van der Waals surface area contributed by atoms with E-state index in [4.69, 9.17) is 0 Å². The van der Waals surface area contributed by atoms with Gasteiger partial charge in [0.05, 0.1) is 11.4 Å². The van der Waals surface area contributed by atoms with Gasteiger partial charge in [-0.1, -0.05) is 51.3 Å². The zero-order valence-electron chi connectivity index (χ0n) is 13.3. The molecule has 1 N–H and O–H groups in total. The van der Waals surface area contributed by atoms with Crippen LogP contribution in [0.1, 0.15) is 45.2 Å². The first kappa shape index (κ1) is 15.8. The van der Waals surface area contributed by atoms with Gasteiger partial charge in [0.25, 0.3) is 0 Å². The Bertz CT molecular complexity index is 504. The first-order chi connectivity index (χ1) is 10.3. The molecule has 1 aromatic carbocycles. The van der Waals surface area contributed by atoms with E-state index in [9.17, 15) is 0 Å². The zero-order valence-corrected chi connectivity index (χ0v) is 13.3. The van der Waals surface area contributed by atoms with E-state index in [1.54, 1.807) is 0 Å². The summed E-state index contributed by atoms with van der Waals surface area (Å²) >= 11 is 0. The third kappa shape index (κ3) is 5.01. The van der Waals surface area contributed by atoms with E-state index in [0.29, 0.717) is 0 Å². The summed E-state index contributed by atoms with van der Waals surface area (Å²) in [6.45, 7) is 6.49. The molecule has 0 aliphatic rings. The Hall–Kier alpha value is -1.61. The maximum Gasteiger partial charge on any atom is 0.0766 e. The van der Waals surface area contributed by atoms with Gasteiger partial charge in [-0.25, -0.2) is 4.68 Å². The molecule has 0 aliphatic heterocycles. The van der Waals surface area contributed by atoms with E-state index in [-0.39, 0.29) is 0 Å². The summed E-state index contributed by atoms with van der Waals surface area (Å²) in [5, 5.41) is 8.17. The van der Waals surface area contributed by atoms with Crippen LogP contribution in [0.15, 0.2) is 42.6 Å². The van der Waals surface area contributed by atoms with Crippen molar-refractivity contribution in [2.75, 3.05) is 6.54 Å². The smallest absolute Gasteiger partial charge is 0.0766 e. The molecule has 3 heteroatoms. The minimum Gasteiger partial charge on any atom is -0.311 e. The highest BCUT2D eigenvalue weighted by Crippen LogP contribution is 2.12. The van der Waals surface area contributed by atoms with E-state index < -0.39 is 0 Å². The second kappa shape index (κ2) is 8.63. The fourth-order valence-corrected chi connectivity index (χ4v) is 2.53. The summed E-state index contributed by atoms with van der Waals surface area (Å²) in [4.78, 5) is 0. The molecule has 2 rings (SSSR count). The molecule has 1 heterocycles. The predicted octanol–water partition coefficient (Wildman–Crippen LogP) is 4.18. The Kier molecular flexibility index (Phi) is 6.48. The van der Waals surface area contributed by atoms with Crippen LogP contribution in [0.2, 0.25) is 0 Å². The van der Waals surface area contributed by atoms with Crippen molar-refractivity contribution in [1.29, 1.82) is 0 Å². The summed E-state index contributed by atoms with van der Waals surface area (Å²) in [5.74, 6) is 0.793. The number of benzene rings is 1. The highest BCUT2D eigenvalue weighted by Gasteiger charge is 2.06. The number of unbranched alkanes of at least 4 members (excludes halogenated alkanes) is 1. The summed E-state index contributed by atoms with van der Waals surface area (Å²) in [7, 11) is 0. The topological polar surface area (TPSA) is 29.9 Å². The van der Waals surface area contributed by atoms with Crippen LogP contribution < -0.4 is 5.32 Å². The second-order valence-electron chi connectivity index (χ2n) is 5.63. The average Bonchev–Trinajstić information content (AvgIpc) is 3.00. The van der Waals surface area contributed by atoms with E-state index in [0.717, 1.165) is 30.4 Å². The minimum atomic E-state index is 0.793. The lowest BCUT2D eigenvalue weighted by atomic mass is 9.99. The summed E-state index contributed by atoms with van der Waals surface area (Å²) in [6, 6.07) is 12.3. The largest absolute Gasteiger partial charge is 0.311 e. The maximum atomic E-state index is 4.62. The van der Waals surface area contributed by atoms with Gasteiger partial charge in [0, 0.05) is 12.7 Å². The maximum absolute atomic E-state index is 4.62. The average molecular weight is 285 g/mol. The quantitative estimate of drug-likeness (QED) is 0.749. The first-order valence-corrected chi connectivity index (χ1v) is 8.14. The number of hydrogen-bond acceptors (Lipinski definition) is 2. The van der Waals surface area contributed by atoms with Crippen molar-refractivity contribution < 1.29 is 0 Å². The summed E-state index contributed by atoms with van der Waals surface area (Å²) < 4.78 is 1.94. The van der Waals surface area contributed by atoms with Gasteiger partial charge in [-0.3, -0.25) is 0 Å². The van der Waals surface area contributed by atoms with Crippen LogP contribution >= 0.6 is 0 Å². The van der Waals surface area contributed by atoms with Crippen LogP contribution in [0.4, 0.5) is 0 Å². The van der Waals surface area contributed by atoms with Gasteiger partial charge in [-0.05, 0) is 37.1 Å². The van der Waals surface area contributed by atoms with Gasteiger partial charge in [-0.15, -0.1) is 0 Å². The molecule has 3 nitrogen and oxygen atoms in total. The number of para-hydroxylation sites is 1. The van der Waals surface area contributed by atoms with Crippen molar-refractivity contribution in [2.24, 2.45) is 5.92 Å². The molecule has 0 saturated carbocycles. The first-order valence-electron chi connectivity index (χ1n) is 8.14. The van der Waals surface area contributed by atoms with Crippen LogP contribution in [-0.2, 0) is 6.54 Å². The molecular formula is C18H27N3. The molecule has 0 fully saturated rings. The van der Waals surface area contributed by atoms with Crippen LogP contribution in [0, 0.1) is 5.92 Å². The zero-order chi connectivity index (χ0) is 14.9. The van der Waals surface area contributed by atoms with E-state index >= 15 is 0 Å². The molecule has 0 bridgehead atoms. The lowest BCUT2D eigenvalue weighted by Crippen LogP contribution is -2.22. The Labute approximate surface area is 128 Å². The lowest BCUT2D eigenvalue weighted by Gasteiger charge is -2.14. The van der Waals surface area contributed by atoms with Gasteiger partial charge in [-0.2, -0.15) is 5.10 Å². The molecule has 1 aromatic heterocycles. The van der Waals surface area contributed by atoms with E-state index in [2.05, 4.69) is 42.5 Å². The molecular weight excluding hydrogens is 258 g/mol. The van der Waals surface area contributed by atoms with Gasteiger partial charge < -0.3 is 5.32 Å². The molecule has 1 atom stereocenters. The van der Waals surface area contributed by atoms with Gasteiger partial charge in [0.1, 0.15) is 0 Å². The fourth-order valence-electron chi connectivity index (χ4n) is 2.53.